The van der Waals surface area contributed by atoms with Crippen molar-refractivity contribution in [3.63, 3.8) is 0 Å². The molecule has 4 aliphatic rings. The first-order valence-electron chi connectivity index (χ1n) is 15.1. The van der Waals surface area contributed by atoms with E-state index in [1.165, 1.54) is 39.3 Å². The summed E-state index contributed by atoms with van der Waals surface area (Å²) >= 11 is 0. The van der Waals surface area contributed by atoms with E-state index in [0.717, 1.165) is 34.9 Å². The van der Waals surface area contributed by atoms with E-state index in [0.29, 0.717) is 49.2 Å². The molecule has 2 aromatic heterocycles. The molecule has 0 radical (unpaired) electrons. The predicted molar refractivity (Wildman–Crippen MR) is 162 cm³/mol. The Hall–Kier alpha value is -3.76. The number of carbonyl (C=O) groups is 2. The van der Waals surface area contributed by atoms with Crippen molar-refractivity contribution in [3.8, 4) is 17.1 Å². The van der Waals surface area contributed by atoms with E-state index in [4.69, 9.17) is 14.5 Å². The second-order valence-electron chi connectivity index (χ2n) is 12.1. The number of amides is 1. The summed E-state index contributed by atoms with van der Waals surface area (Å²) in [6.07, 6.45) is 6.16. The Morgan fingerprint density at radius 1 is 1.09 bits per heavy atom. The van der Waals surface area contributed by atoms with Gasteiger partial charge in [0.2, 0.25) is 0 Å². The number of esters is 1. The van der Waals surface area contributed by atoms with Crippen LogP contribution < -0.4 is 10.3 Å². The van der Waals surface area contributed by atoms with Crippen LogP contribution in [0.25, 0.3) is 22.3 Å². The summed E-state index contributed by atoms with van der Waals surface area (Å²) in [5, 5.41) is 11.7. The minimum Gasteiger partial charge on any atom is -0.458 e. The Morgan fingerprint density at radius 3 is 2.56 bits per heavy atom. The quantitative estimate of drug-likeness (QED) is 0.352. The number of rotatable bonds is 3. The van der Waals surface area contributed by atoms with Crippen molar-refractivity contribution in [1.29, 1.82) is 0 Å². The molecule has 1 N–H and O–H groups in total. The number of benzene rings is 1. The zero-order valence-corrected chi connectivity index (χ0v) is 24.1. The highest BCUT2D eigenvalue weighted by Gasteiger charge is 2.43. The van der Waals surface area contributed by atoms with Gasteiger partial charge in [0.15, 0.2) is 5.60 Å². The molecule has 6 heterocycles. The van der Waals surface area contributed by atoms with Crippen LogP contribution in [0.1, 0.15) is 75.6 Å². The summed E-state index contributed by atoms with van der Waals surface area (Å²) in [5.74, 6) is -0.302. The smallest absolute Gasteiger partial charge is 0.415 e. The summed E-state index contributed by atoms with van der Waals surface area (Å²) < 4.78 is 12.6. The molecule has 228 valence electrons. The van der Waals surface area contributed by atoms with E-state index in [1.54, 1.807) is 21.6 Å². The fraction of sp³-hybridized carbons (Fsp3) is 0.515. The van der Waals surface area contributed by atoms with Crippen LogP contribution in [0.15, 0.2) is 29.1 Å². The number of aliphatic hydroxyl groups is 1. The number of aryl methyl sites for hydroxylation is 1. The molecule has 0 spiro atoms. The van der Waals surface area contributed by atoms with Crippen LogP contribution in [0.5, 0.6) is 5.75 Å². The zero-order chi connectivity index (χ0) is 29.2. The molecule has 0 unspecified atom stereocenters. The number of likely N-dealkylation sites (tertiary alicyclic amines) is 2. The molecule has 10 nitrogen and oxygen atoms in total. The molecule has 3 aromatic rings. The lowest BCUT2D eigenvalue weighted by Gasteiger charge is -2.39. The first-order valence-corrected chi connectivity index (χ1v) is 15.1. The molecule has 43 heavy (non-hydrogen) atoms. The monoisotopic (exact) mass is 588 g/mol. The fourth-order valence-corrected chi connectivity index (χ4v) is 7.22. The average Bonchev–Trinajstić information content (AvgIpc) is 3.37. The van der Waals surface area contributed by atoms with Crippen LogP contribution in [0.3, 0.4) is 0 Å². The Bertz CT molecular complexity index is 1660. The maximum absolute atomic E-state index is 13.5. The van der Waals surface area contributed by atoms with Crippen LogP contribution in [0.2, 0.25) is 0 Å². The molecule has 2 saturated heterocycles. The minimum absolute atomic E-state index is 0. The number of piperidine rings is 2. The number of pyridine rings is 2. The lowest BCUT2D eigenvalue weighted by atomic mass is 9.89. The molecule has 0 saturated carbocycles. The molecule has 2 fully saturated rings. The Morgan fingerprint density at radius 2 is 1.84 bits per heavy atom. The van der Waals surface area contributed by atoms with Crippen LogP contribution in [0.4, 0.5) is 4.79 Å². The molecule has 0 bridgehead atoms. The molecular formula is C33H40N4O6. The number of ether oxygens (including phenoxy) is 2. The summed E-state index contributed by atoms with van der Waals surface area (Å²) in [4.78, 5) is 48.1. The molecule has 10 heteroatoms. The van der Waals surface area contributed by atoms with Gasteiger partial charge in [0.25, 0.3) is 5.56 Å². The van der Waals surface area contributed by atoms with Crippen LogP contribution in [-0.2, 0) is 34.7 Å². The third kappa shape index (κ3) is 4.80. The van der Waals surface area contributed by atoms with Gasteiger partial charge in [-0.15, -0.1) is 0 Å². The highest BCUT2D eigenvalue weighted by molar-refractivity contribution is 5.90. The second-order valence-corrected chi connectivity index (χ2v) is 12.1. The molecule has 1 aromatic carbocycles. The molecular weight excluding hydrogens is 548 g/mol. The standard InChI is InChI=1S/C32H36N4O6.CH4/c1-3-21-22-15-20(42-31(39)35-13-9-19(10-14-35)34-11-5-4-6-12-34)7-8-26(22)33-28-23(21)17-36-27(28)16-25-24(29(36)37)18-41-30(38)32(25,2)40;/h7-8,15-16,19,40H,3-6,9-14,17-18H2,1-2H3;1H4/t32-;/m0./s1. The van der Waals surface area contributed by atoms with Crippen molar-refractivity contribution in [2.45, 2.75) is 84.6 Å². The SMILES string of the molecule is C.CCc1c2c(nc3ccc(OC(=O)N4CCC(N5CCCCC5)CC4)cc13)-c1cc3c(c(=O)n1C2)COC(=O)[C@@]3(C)O. The third-order valence-electron chi connectivity index (χ3n) is 9.59. The van der Waals surface area contributed by atoms with Crippen molar-refractivity contribution in [1.82, 2.24) is 19.4 Å². The van der Waals surface area contributed by atoms with E-state index in [-0.39, 0.29) is 36.8 Å². The number of fused-ring (bicyclic) bond motifs is 5. The highest BCUT2D eigenvalue weighted by atomic mass is 16.6. The van der Waals surface area contributed by atoms with E-state index < -0.39 is 11.6 Å². The largest absolute Gasteiger partial charge is 0.458 e. The molecule has 7 rings (SSSR count). The fourth-order valence-electron chi connectivity index (χ4n) is 7.22. The zero-order valence-electron chi connectivity index (χ0n) is 24.1. The number of carbonyl (C=O) groups excluding carboxylic acids is 2. The Kier molecular flexibility index (Phi) is 7.54. The van der Waals surface area contributed by atoms with Crippen molar-refractivity contribution in [2.24, 2.45) is 0 Å². The lowest BCUT2D eigenvalue weighted by Crippen LogP contribution is -2.48. The van der Waals surface area contributed by atoms with Crippen molar-refractivity contribution in [2.75, 3.05) is 26.2 Å². The molecule has 0 aliphatic carbocycles. The van der Waals surface area contributed by atoms with Crippen molar-refractivity contribution < 1.29 is 24.2 Å². The molecule has 1 amide bonds. The molecule has 1 atom stereocenters. The van der Waals surface area contributed by atoms with Crippen LogP contribution >= 0.6 is 0 Å². The van der Waals surface area contributed by atoms with Crippen LogP contribution in [0, 0.1) is 0 Å². The van der Waals surface area contributed by atoms with Crippen LogP contribution in [-0.4, -0.2) is 68.7 Å². The van der Waals surface area contributed by atoms with Gasteiger partial charge in [-0.25, -0.2) is 14.6 Å². The number of hydrogen-bond donors (Lipinski definition) is 1. The maximum Gasteiger partial charge on any atom is 0.415 e. The maximum atomic E-state index is 13.5. The number of nitrogens with zero attached hydrogens (tertiary/aromatic N) is 4. The number of cyclic esters (lactones) is 1. The summed E-state index contributed by atoms with van der Waals surface area (Å²) in [7, 11) is 0. The minimum atomic E-state index is -1.91. The van der Waals surface area contributed by atoms with Gasteiger partial charge in [-0.3, -0.25) is 4.79 Å². The van der Waals surface area contributed by atoms with Crippen molar-refractivity contribution in [3.05, 3.63) is 56.9 Å². The highest BCUT2D eigenvalue weighted by Crippen LogP contribution is 2.40. The van der Waals surface area contributed by atoms with Gasteiger partial charge in [-0.2, -0.15) is 0 Å². The van der Waals surface area contributed by atoms with E-state index in [9.17, 15) is 19.5 Å². The van der Waals surface area contributed by atoms with Gasteiger partial charge in [-0.05, 0) is 81.9 Å². The summed E-state index contributed by atoms with van der Waals surface area (Å²) in [6.45, 7) is 7.29. The lowest BCUT2D eigenvalue weighted by molar-refractivity contribution is -0.169. The van der Waals surface area contributed by atoms with Gasteiger partial charge in [0, 0.05) is 35.6 Å². The predicted octanol–water partition coefficient (Wildman–Crippen LogP) is 4.34. The van der Waals surface area contributed by atoms with Gasteiger partial charge in [0.1, 0.15) is 12.4 Å². The van der Waals surface area contributed by atoms with Gasteiger partial charge in [-0.1, -0.05) is 20.8 Å². The summed E-state index contributed by atoms with van der Waals surface area (Å²) in [5.41, 5.74) is 2.25. The average molecular weight is 589 g/mol. The van der Waals surface area contributed by atoms with E-state index in [2.05, 4.69) is 4.90 Å². The molecule has 4 aliphatic heterocycles. The number of aromatic nitrogens is 2. The third-order valence-corrected chi connectivity index (χ3v) is 9.59. The van der Waals surface area contributed by atoms with Crippen molar-refractivity contribution >= 4 is 23.0 Å². The Balaban J connectivity index is 0.00000329. The Labute approximate surface area is 251 Å². The van der Waals surface area contributed by atoms with Gasteiger partial charge in [0.05, 0.1) is 29.0 Å². The second kappa shape index (κ2) is 11.1. The summed E-state index contributed by atoms with van der Waals surface area (Å²) in [6, 6.07) is 7.72. The first-order chi connectivity index (χ1) is 20.3. The van der Waals surface area contributed by atoms with Gasteiger partial charge < -0.3 is 28.9 Å². The van der Waals surface area contributed by atoms with E-state index in [1.807, 2.05) is 19.1 Å². The first kappa shape index (κ1) is 29.3. The van der Waals surface area contributed by atoms with Gasteiger partial charge >= 0.3 is 12.1 Å². The topological polar surface area (TPSA) is 114 Å². The van der Waals surface area contributed by atoms with E-state index >= 15 is 0 Å². The number of hydrogen-bond acceptors (Lipinski definition) is 8. The normalized spacial score (nSPS) is 21.9.